The van der Waals surface area contributed by atoms with Crippen molar-refractivity contribution in [3.8, 4) is 0 Å². The third-order valence-corrected chi connectivity index (χ3v) is 2.14. The molecule has 14 heavy (non-hydrogen) atoms. The predicted octanol–water partition coefficient (Wildman–Crippen LogP) is 3.67. The third-order valence-electron chi connectivity index (χ3n) is 2.14. The number of hydrogen-bond donors (Lipinski definition) is 0. The lowest BCUT2D eigenvalue weighted by atomic mass is 10.1. The Labute approximate surface area is 84.0 Å². The standard InChI is InChI=1S/C12H14FN/c1-4-14-10(3)9(2)11-7-5-6-8-12(11)13/h4-8H,1-3H3/b10-9+,14-4?. The molecule has 0 heterocycles. The molecule has 0 fully saturated rings. The minimum absolute atomic E-state index is 0.198. The van der Waals surface area contributed by atoms with Crippen LogP contribution in [0.4, 0.5) is 4.39 Å². The van der Waals surface area contributed by atoms with Crippen molar-refractivity contribution in [3.63, 3.8) is 0 Å². The molecule has 74 valence electrons. The highest BCUT2D eigenvalue weighted by atomic mass is 19.1. The summed E-state index contributed by atoms with van der Waals surface area (Å²) in [7, 11) is 0. The first-order valence-corrected chi connectivity index (χ1v) is 4.58. The predicted molar refractivity (Wildman–Crippen MR) is 58.8 cm³/mol. The van der Waals surface area contributed by atoms with Gasteiger partial charge in [-0.25, -0.2) is 4.39 Å². The zero-order valence-corrected chi connectivity index (χ0v) is 8.71. The zero-order valence-electron chi connectivity index (χ0n) is 8.71. The molecule has 0 bridgehead atoms. The highest BCUT2D eigenvalue weighted by molar-refractivity contribution is 5.69. The number of rotatable bonds is 2. The molecule has 0 aliphatic carbocycles. The summed E-state index contributed by atoms with van der Waals surface area (Å²) in [5, 5.41) is 0. The average Bonchev–Trinajstić information content (AvgIpc) is 2.18. The van der Waals surface area contributed by atoms with Gasteiger partial charge in [0.1, 0.15) is 5.82 Å². The van der Waals surface area contributed by atoms with E-state index in [-0.39, 0.29) is 5.82 Å². The van der Waals surface area contributed by atoms with E-state index < -0.39 is 0 Å². The number of benzene rings is 1. The van der Waals surface area contributed by atoms with Crippen LogP contribution in [0.2, 0.25) is 0 Å². The molecule has 1 rings (SSSR count). The van der Waals surface area contributed by atoms with E-state index in [2.05, 4.69) is 4.99 Å². The lowest BCUT2D eigenvalue weighted by Crippen LogP contribution is -1.88. The Morgan fingerprint density at radius 3 is 2.50 bits per heavy atom. The van der Waals surface area contributed by atoms with Crippen molar-refractivity contribution < 1.29 is 4.39 Å². The molecule has 0 saturated carbocycles. The first-order chi connectivity index (χ1) is 6.66. The first-order valence-electron chi connectivity index (χ1n) is 4.58. The van der Waals surface area contributed by atoms with Gasteiger partial charge in [0, 0.05) is 17.5 Å². The van der Waals surface area contributed by atoms with Crippen LogP contribution in [0.15, 0.2) is 35.0 Å². The first kappa shape index (κ1) is 10.6. The van der Waals surface area contributed by atoms with E-state index in [4.69, 9.17) is 0 Å². The molecule has 1 nitrogen and oxygen atoms in total. The Bertz CT molecular complexity index is 378. The zero-order chi connectivity index (χ0) is 10.6. The van der Waals surface area contributed by atoms with Gasteiger partial charge in [-0.1, -0.05) is 18.2 Å². The molecule has 0 unspecified atom stereocenters. The Balaban J connectivity index is 3.18. The van der Waals surface area contributed by atoms with Crippen molar-refractivity contribution in [2.75, 3.05) is 0 Å². The lowest BCUT2D eigenvalue weighted by molar-refractivity contribution is 0.623. The van der Waals surface area contributed by atoms with Crippen molar-refractivity contribution in [3.05, 3.63) is 41.3 Å². The molecule has 0 aromatic heterocycles. The highest BCUT2D eigenvalue weighted by Crippen LogP contribution is 2.21. The summed E-state index contributed by atoms with van der Waals surface area (Å²) in [6.45, 7) is 5.60. The lowest BCUT2D eigenvalue weighted by Gasteiger charge is -2.04. The second-order valence-electron chi connectivity index (χ2n) is 3.08. The largest absolute Gasteiger partial charge is 0.266 e. The van der Waals surface area contributed by atoms with Crippen LogP contribution in [-0.2, 0) is 0 Å². The third kappa shape index (κ3) is 2.28. The molecular weight excluding hydrogens is 177 g/mol. The van der Waals surface area contributed by atoms with Crippen molar-refractivity contribution in [1.29, 1.82) is 0 Å². The van der Waals surface area contributed by atoms with Gasteiger partial charge in [-0.05, 0) is 32.4 Å². The molecule has 0 spiro atoms. The summed E-state index contributed by atoms with van der Waals surface area (Å²) in [4.78, 5) is 4.13. The van der Waals surface area contributed by atoms with Gasteiger partial charge < -0.3 is 0 Å². The monoisotopic (exact) mass is 191 g/mol. The van der Waals surface area contributed by atoms with Gasteiger partial charge >= 0.3 is 0 Å². The quantitative estimate of drug-likeness (QED) is 0.632. The molecule has 0 atom stereocenters. The van der Waals surface area contributed by atoms with Crippen LogP contribution in [-0.4, -0.2) is 6.21 Å². The van der Waals surface area contributed by atoms with Gasteiger partial charge in [-0.2, -0.15) is 0 Å². The average molecular weight is 191 g/mol. The van der Waals surface area contributed by atoms with E-state index in [9.17, 15) is 4.39 Å². The van der Waals surface area contributed by atoms with Crippen LogP contribution in [0.5, 0.6) is 0 Å². The van der Waals surface area contributed by atoms with Crippen LogP contribution < -0.4 is 0 Å². The van der Waals surface area contributed by atoms with Gasteiger partial charge in [0.05, 0.1) is 0 Å². The number of allylic oxidation sites excluding steroid dienone is 2. The minimum Gasteiger partial charge on any atom is -0.266 e. The van der Waals surface area contributed by atoms with Gasteiger partial charge in [-0.15, -0.1) is 0 Å². The van der Waals surface area contributed by atoms with E-state index >= 15 is 0 Å². The van der Waals surface area contributed by atoms with Gasteiger partial charge in [-0.3, -0.25) is 4.99 Å². The Morgan fingerprint density at radius 1 is 1.29 bits per heavy atom. The molecule has 0 aliphatic rings. The maximum Gasteiger partial charge on any atom is 0.130 e. The number of aliphatic imine (C=N–C) groups is 1. The number of nitrogens with zero attached hydrogens (tertiary/aromatic N) is 1. The number of hydrogen-bond acceptors (Lipinski definition) is 1. The van der Waals surface area contributed by atoms with Gasteiger partial charge in [0.25, 0.3) is 0 Å². The van der Waals surface area contributed by atoms with E-state index in [0.29, 0.717) is 5.56 Å². The topological polar surface area (TPSA) is 12.4 Å². The van der Waals surface area contributed by atoms with E-state index in [1.165, 1.54) is 6.07 Å². The van der Waals surface area contributed by atoms with Crippen LogP contribution in [0.25, 0.3) is 5.57 Å². The van der Waals surface area contributed by atoms with Crippen LogP contribution in [0, 0.1) is 5.82 Å². The molecule has 1 aromatic rings. The van der Waals surface area contributed by atoms with E-state index in [1.807, 2.05) is 26.8 Å². The summed E-state index contributed by atoms with van der Waals surface area (Å²) in [5.74, 6) is -0.198. The fraction of sp³-hybridized carbons (Fsp3) is 0.250. The number of halogens is 1. The minimum atomic E-state index is -0.198. The molecule has 2 heteroatoms. The van der Waals surface area contributed by atoms with Crippen molar-refractivity contribution >= 4 is 11.8 Å². The second-order valence-corrected chi connectivity index (χ2v) is 3.08. The summed E-state index contributed by atoms with van der Waals surface area (Å²) in [5.41, 5.74) is 2.34. The van der Waals surface area contributed by atoms with Crippen LogP contribution in [0.3, 0.4) is 0 Å². The fourth-order valence-corrected chi connectivity index (χ4v) is 1.25. The van der Waals surface area contributed by atoms with Crippen molar-refractivity contribution in [2.45, 2.75) is 20.8 Å². The summed E-state index contributed by atoms with van der Waals surface area (Å²) >= 11 is 0. The molecule has 1 aromatic carbocycles. The van der Waals surface area contributed by atoms with E-state index in [1.54, 1.807) is 18.3 Å². The van der Waals surface area contributed by atoms with Crippen LogP contribution >= 0.6 is 0 Å². The van der Waals surface area contributed by atoms with Crippen LogP contribution in [0.1, 0.15) is 26.3 Å². The van der Waals surface area contributed by atoms with Gasteiger partial charge in [0.15, 0.2) is 0 Å². The molecule has 0 saturated heterocycles. The van der Waals surface area contributed by atoms with Crippen molar-refractivity contribution in [1.82, 2.24) is 0 Å². The molecule has 0 amide bonds. The molecule has 0 radical (unpaired) electrons. The SMILES string of the molecule is CC=N/C(C)=C(\C)c1ccccc1F. The summed E-state index contributed by atoms with van der Waals surface area (Å²) in [6.07, 6.45) is 1.71. The molecule has 0 aliphatic heterocycles. The fourth-order valence-electron chi connectivity index (χ4n) is 1.25. The normalized spacial score (nSPS) is 13.1. The summed E-state index contributed by atoms with van der Waals surface area (Å²) < 4.78 is 13.4. The molecular formula is C12H14FN. The Hall–Kier alpha value is -1.44. The Kier molecular flexibility index (Phi) is 3.57. The Morgan fingerprint density at radius 2 is 1.93 bits per heavy atom. The van der Waals surface area contributed by atoms with Gasteiger partial charge in [0.2, 0.25) is 0 Å². The molecule has 0 N–H and O–H groups in total. The maximum absolute atomic E-state index is 13.4. The van der Waals surface area contributed by atoms with Crippen molar-refractivity contribution in [2.24, 2.45) is 4.99 Å². The summed E-state index contributed by atoms with van der Waals surface area (Å²) in [6, 6.07) is 6.73. The smallest absolute Gasteiger partial charge is 0.130 e. The maximum atomic E-state index is 13.4. The second kappa shape index (κ2) is 4.70. The van der Waals surface area contributed by atoms with E-state index in [0.717, 1.165) is 11.3 Å². The highest BCUT2D eigenvalue weighted by Gasteiger charge is 2.04.